The monoisotopic (exact) mass is 249 g/mol. The van der Waals surface area contributed by atoms with Crippen molar-refractivity contribution < 1.29 is 0 Å². The molecule has 0 bridgehead atoms. The van der Waals surface area contributed by atoms with Crippen molar-refractivity contribution in [3.8, 4) is 0 Å². The van der Waals surface area contributed by atoms with E-state index in [0.29, 0.717) is 5.25 Å². The van der Waals surface area contributed by atoms with Crippen molar-refractivity contribution in [1.82, 2.24) is 5.43 Å². The van der Waals surface area contributed by atoms with Gasteiger partial charge in [0.2, 0.25) is 0 Å². The average molecular weight is 249 g/mol. The van der Waals surface area contributed by atoms with Crippen molar-refractivity contribution in [1.29, 1.82) is 0 Å². The van der Waals surface area contributed by atoms with Gasteiger partial charge in [-0.3, -0.25) is 4.99 Å². The van der Waals surface area contributed by atoms with Crippen LogP contribution in [0.4, 0.5) is 0 Å². The Bertz CT molecular complexity index is 410. The summed E-state index contributed by atoms with van der Waals surface area (Å²) >= 11 is 1.84. The Morgan fingerprint density at radius 3 is 2.71 bits per heavy atom. The summed E-state index contributed by atoms with van der Waals surface area (Å²) in [6.07, 6.45) is 1.000. The summed E-state index contributed by atoms with van der Waals surface area (Å²) in [5.41, 5.74) is 4.05. The molecular formula is C13H19N3S. The van der Waals surface area contributed by atoms with Crippen molar-refractivity contribution in [2.45, 2.75) is 42.9 Å². The van der Waals surface area contributed by atoms with Crippen LogP contribution in [0, 0.1) is 0 Å². The highest BCUT2D eigenvalue weighted by molar-refractivity contribution is 8.01. The molecule has 1 atom stereocenters. The summed E-state index contributed by atoms with van der Waals surface area (Å²) in [5, 5.41) is 0.316. The summed E-state index contributed by atoms with van der Waals surface area (Å²) < 4.78 is 0. The number of hydrogen-bond acceptors (Lipinski definition) is 3. The quantitative estimate of drug-likeness (QED) is 0.348. The van der Waals surface area contributed by atoms with E-state index in [9.17, 15) is 0 Å². The molecule has 3 nitrogen and oxygen atoms in total. The van der Waals surface area contributed by atoms with E-state index in [1.165, 1.54) is 10.5 Å². The van der Waals surface area contributed by atoms with Crippen LogP contribution in [0.15, 0.2) is 34.2 Å². The van der Waals surface area contributed by atoms with E-state index in [-0.39, 0.29) is 5.54 Å². The molecule has 1 aromatic rings. The first-order chi connectivity index (χ1) is 7.99. The van der Waals surface area contributed by atoms with Gasteiger partial charge in [-0.25, -0.2) is 5.84 Å². The molecule has 0 amide bonds. The number of amidine groups is 1. The number of rotatable bonds is 1. The largest absolute Gasteiger partial charge is 0.311 e. The first kappa shape index (κ1) is 12.5. The standard InChI is InChI=1S/C13H19N3S/c1-13(2,3)15-12(16-14)11-8-9-6-4-5-7-10(9)17-11/h4-7,11H,8,14H2,1-3H3,(H,15,16). The first-order valence-electron chi connectivity index (χ1n) is 5.80. The van der Waals surface area contributed by atoms with E-state index in [0.717, 1.165) is 12.3 Å². The number of hydrogen-bond donors (Lipinski definition) is 2. The number of aliphatic imine (C=N–C) groups is 1. The van der Waals surface area contributed by atoms with E-state index < -0.39 is 0 Å². The number of nitrogens with one attached hydrogen (secondary N) is 1. The molecule has 92 valence electrons. The summed E-state index contributed by atoms with van der Waals surface area (Å²) in [4.78, 5) is 5.99. The van der Waals surface area contributed by atoms with Crippen LogP contribution in [0.5, 0.6) is 0 Å². The number of nitrogens with zero attached hydrogens (tertiary/aromatic N) is 1. The van der Waals surface area contributed by atoms with Gasteiger partial charge in [-0.05, 0) is 38.8 Å². The second-order valence-corrected chi connectivity index (χ2v) is 6.48. The molecule has 0 fully saturated rings. The van der Waals surface area contributed by atoms with Gasteiger partial charge in [-0.1, -0.05) is 18.2 Å². The molecule has 0 saturated carbocycles. The Morgan fingerprint density at radius 2 is 2.12 bits per heavy atom. The topological polar surface area (TPSA) is 50.4 Å². The zero-order valence-corrected chi connectivity index (χ0v) is 11.3. The van der Waals surface area contributed by atoms with Crippen LogP contribution in [0.1, 0.15) is 26.3 Å². The maximum Gasteiger partial charge on any atom is 0.125 e. The van der Waals surface area contributed by atoms with Crippen LogP contribution in [-0.2, 0) is 6.42 Å². The molecule has 3 N–H and O–H groups in total. The van der Waals surface area contributed by atoms with Gasteiger partial charge >= 0.3 is 0 Å². The lowest BCUT2D eigenvalue weighted by molar-refractivity contribution is 0.577. The highest BCUT2D eigenvalue weighted by Crippen LogP contribution is 2.37. The summed E-state index contributed by atoms with van der Waals surface area (Å²) in [6.45, 7) is 6.24. The van der Waals surface area contributed by atoms with E-state index in [4.69, 9.17) is 5.84 Å². The normalized spacial score (nSPS) is 20.2. The molecule has 2 rings (SSSR count). The second kappa shape index (κ2) is 4.70. The molecule has 0 aliphatic carbocycles. The molecule has 17 heavy (non-hydrogen) atoms. The number of nitrogens with two attached hydrogens (primary N) is 1. The van der Waals surface area contributed by atoms with Gasteiger partial charge in [0.05, 0.1) is 10.8 Å². The fourth-order valence-electron chi connectivity index (χ4n) is 1.89. The smallest absolute Gasteiger partial charge is 0.125 e. The average Bonchev–Trinajstić information content (AvgIpc) is 2.67. The summed E-state index contributed by atoms with van der Waals surface area (Å²) in [7, 11) is 0. The van der Waals surface area contributed by atoms with Crippen molar-refractivity contribution in [3.05, 3.63) is 29.8 Å². The maximum absolute atomic E-state index is 5.60. The van der Waals surface area contributed by atoms with Crippen molar-refractivity contribution in [2.75, 3.05) is 0 Å². The van der Waals surface area contributed by atoms with Crippen LogP contribution in [0.25, 0.3) is 0 Å². The Morgan fingerprint density at radius 1 is 1.41 bits per heavy atom. The van der Waals surface area contributed by atoms with Crippen LogP contribution >= 0.6 is 11.8 Å². The Labute approximate surface area is 107 Å². The van der Waals surface area contributed by atoms with Gasteiger partial charge in [-0.15, -0.1) is 11.8 Å². The van der Waals surface area contributed by atoms with Crippen LogP contribution < -0.4 is 11.3 Å². The van der Waals surface area contributed by atoms with E-state index >= 15 is 0 Å². The minimum atomic E-state index is -0.100. The Balaban J connectivity index is 2.19. The van der Waals surface area contributed by atoms with Crippen LogP contribution in [0.2, 0.25) is 0 Å². The lowest BCUT2D eigenvalue weighted by atomic mass is 10.1. The number of benzene rings is 1. The summed E-state index contributed by atoms with van der Waals surface area (Å²) in [6, 6.07) is 8.49. The predicted octanol–water partition coefficient (Wildman–Crippen LogP) is 2.36. The van der Waals surface area contributed by atoms with Crippen molar-refractivity contribution >= 4 is 17.6 Å². The van der Waals surface area contributed by atoms with Crippen molar-refractivity contribution in [2.24, 2.45) is 10.8 Å². The Kier molecular flexibility index (Phi) is 3.45. The first-order valence-corrected chi connectivity index (χ1v) is 6.68. The second-order valence-electron chi connectivity index (χ2n) is 5.23. The molecular weight excluding hydrogens is 230 g/mol. The highest BCUT2D eigenvalue weighted by Gasteiger charge is 2.27. The van der Waals surface area contributed by atoms with Gasteiger partial charge in [-0.2, -0.15) is 0 Å². The van der Waals surface area contributed by atoms with E-state index in [2.05, 4.69) is 55.5 Å². The number of hydrazine groups is 1. The van der Waals surface area contributed by atoms with Gasteiger partial charge in [0.15, 0.2) is 0 Å². The fourth-order valence-corrected chi connectivity index (χ4v) is 3.15. The van der Waals surface area contributed by atoms with Crippen LogP contribution in [0.3, 0.4) is 0 Å². The lowest BCUT2D eigenvalue weighted by Gasteiger charge is -2.19. The number of thioether (sulfide) groups is 1. The maximum atomic E-state index is 5.60. The molecule has 1 aliphatic rings. The molecule has 4 heteroatoms. The van der Waals surface area contributed by atoms with Crippen molar-refractivity contribution in [3.63, 3.8) is 0 Å². The highest BCUT2D eigenvalue weighted by atomic mass is 32.2. The molecule has 1 unspecified atom stereocenters. The molecule has 0 spiro atoms. The zero-order chi connectivity index (χ0) is 12.5. The third kappa shape index (κ3) is 3.01. The van der Waals surface area contributed by atoms with E-state index in [1.54, 1.807) is 0 Å². The molecule has 0 saturated heterocycles. The van der Waals surface area contributed by atoms with Gasteiger partial charge in [0, 0.05) is 4.90 Å². The molecule has 1 heterocycles. The predicted molar refractivity (Wildman–Crippen MR) is 74.3 cm³/mol. The lowest BCUT2D eigenvalue weighted by Crippen LogP contribution is -2.39. The van der Waals surface area contributed by atoms with Gasteiger partial charge in [0.1, 0.15) is 5.84 Å². The van der Waals surface area contributed by atoms with E-state index in [1.807, 2.05) is 11.8 Å². The third-order valence-corrected chi connectivity index (χ3v) is 3.88. The molecule has 0 radical (unpaired) electrons. The SMILES string of the molecule is CC(C)(C)N=C(NN)C1Cc2ccccc2S1. The zero-order valence-electron chi connectivity index (χ0n) is 10.5. The molecule has 1 aliphatic heterocycles. The minimum absolute atomic E-state index is 0.100. The third-order valence-electron chi connectivity index (χ3n) is 2.56. The molecule has 1 aromatic carbocycles. The summed E-state index contributed by atoms with van der Waals surface area (Å²) in [5.74, 6) is 6.49. The van der Waals surface area contributed by atoms with Gasteiger partial charge in [0.25, 0.3) is 0 Å². The van der Waals surface area contributed by atoms with Crippen LogP contribution in [-0.4, -0.2) is 16.6 Å². The Hall–Kier alpha value is -1.00. The number of fused-ring (bicyclic) bond motifs is 1. The molecule has 0 aromatic heterocycles. The van der Waals surface area contributed by atoms with Gasteiger partial charge < -0.3 is 5.43 Å². The fraction of sp³-hybridized carbons (Fsp3) is 0.462. The minimum Gasteiger partial charge on any atom is -0.311 e.